The third-order valence-corrected chi connectivity index (χ3v) is 4.11. The van der Waals surface area contributed by atoms with Crippen molar-refractivity contribution < 1.29 is 22.7 Å². The highest BCUT2D eigenvalue weighted by atomic mass is 19.4. The molecule has 0 aliphatic carbocycles. The molecular formula is C14H15F3N2O2. The summed E-state index contributed by atoms with van der Waals surface area (Å²) in [5.74, 6) is 0. The van der Waals surface area contributed by atoms with Crippen molar-refractivity contribution in [3.8, 4) is 0 Å². The minimum atomic E-state index is -4.51. The summed E-state index contributed by atoms with van der Waals surface area (Å²) in [5, 5.41) is 3.15. The van der Waals surface area contributed by atoms with E-state index >= 15 is 0 Å². The molecule has 1 spiro atoms. The number of hydrogen-bond donors (Lipinski definition) is 1. The van der Waals surface area contributed by atoms with Gasteiger partial charge in [0.05, 0.1) is 16.8 Å². The Morgan fingerprint density at radius 1 is 1.19 bits per heavy atom. The average Bonchev–Trinajstić information content (AvgIpc) is 2.75. The largest absolute Gasteiger partial charge is 0.447 e. The lowest BCUT2D eigenvalue weighted by Crippen LogP contribution is -2.54. The number of anilines is 1. The molecule has 3 rings (SSSR count). The predicted octanol–water partition coefficient (Wildman–Crippen LogP) is 2.78. The second-order valence-electron chi connectivity index (χ2n) is 5.38. The zero-order valence-electron chi connectivity index (χ0n) is 11.2. The molecule has 1 N–H and O–H groups in total. The van der Waals surface area contributed by atoms with Gasteiger partial charge in [-0.25, -0.2) is 4.79 Å². The van der Waals surface area contributed by atoms with Crippen molar-refractivity contribution >= 4 is 11.8 Å². The highest BCUT2D eigenvalue weighted by Crippen LogP contribution is 2.43. The van der Waals surface area contributed by atoms with Crippen LogP contribution in [0.3, 0.4) is 0 Å². The predicted molar refractivity (Wildman–Crippen MR) is 70.1 cm³/mol. The van der Waals surface area contributed by atoms with Gasteiger partial charge in [0, 0.05) is 0 Å². The van der Waals surface area contributed by atoms with Gasteiger partial charge in [-0.1, -0.05) is 12.1 Å². The maximum Gasteiger partial charge on any atom is 0.418 e. The molecule has 7 heteroatoms. The fraction of sp³-hybridized carbons (Fsp3) is 0.500. The first-order valence-electron chi connectivity index (χ1n) is 6.78. The van der Waals surface area contributed by atoms with Gasteiger partial charge in [-0.05, 0) is 38.1 Å². The van der Waals surface area contributed by atoms with Crippen LogP contribution in [-0.4, -0.2) is 31.3 Å². The molecule has 0 unspecified atom stereocenters. The number of ether oxygens (including phenoxy) is 1. The summed E-state index contributed by atoms with van der Waals surface area (Å²) in [5.41, 5.74) is -1.60. The van der Waals surface area contributed by atoms with Crippen LogP contribution in [0, 0.1) is 0 Å². The maximum atomic E-state index is 13.2. The third kappa shape index (κ3) is 2.35. The van der Waals surface area contributed by atoms with Crippen molar-refractivity contribution in [2.75, 3.05) is 24.6 Å². The smallest absolute Gasteiger partial charge is 0.418 e. The lowest BCUT2D eigenvalue weighted by Gasteiger charge is -2.39. The second-order valence-corrected chi connectivity index (χ2v) is 5.38. The lowest BCUT2D eigenvalue weighted by molar-refractivity contribution is -0.137. The summed E-state index contributed by atoms with van der Waals surface area (Å²) in [4.78, 5) is 13.2. The molecule has 1 aromatic rings. The number of halogens is 3. The van der Waals surface area contributed by atoms with Crippen LogP contribution in [0.4, 0.5) is 23.7 Å². The zero-order valence-corrected chi connectivity index (χ0v) is 11.2. The highest BCUT2D eigenvalue weighted by molar-refractivity contribution is 5.92. The molecule has 114 valence electrons. The zero-order chi connectivity index (χ0) is 15.1. The molecule has 2 saturated heterocycles. The van der Waals surface area contributed by atoms with Crippen LogP contribution in [-0.2, 0) is 10.9 Å². The number of nitrogens with zero attached hydrogens (tertiary/aromatic N) is 1. The fourth-order valence-electron chi connectivity index (χ4n) is 3.04. The van der Waals surface area contributed by atoms with E-state index in [-0.39, 0.29) is 12.3 Å². The standard InChI is InChI=1S/C14H15F3N2O2/c15-14(16,17)10-3-1-2-4-11(10)19-12(20)21-9-13(19)5-7-18-8-6-13/h1-4,18H,5-9H2. The van der Waals surface area contributed by atoms with Crippen LogP contribution in [0.15, 0.2) is 24.3 Å². The van der Waals surface area contributed by atoms with Crippen molar-refractivity contribution in [1.29, 1.82) is 0 Å². The maximum absolute atomic E-state index is 13.2. The number of para-hydroxylation sites is 1. The summed E-state index contributed by atoms with van der Waals surface area (Å²) in [6.45, 7) is 1.45. The Hall–Kier alpha value is -1.76. The highest BCUT2D eigenvalue weighted by Gasteiger charge is 2.51. The number of benzene rings is 1. The summed E-state index contributed by atoms with van der Waals surface area (Å²) in [7, 11) is 0. The van der Waals surface area contributed by atoms with Crippen LogP contribution < -0.4 is 10.2 Å². The molecule has 2 aliphatic rings. The van der Waals surface area contributed by atoms with Gasteiger partial charge in [0.15, 0.2) is 0 Å². The van der Waals surface area contributed by atoms with Crippen LogP contribution in [0.1, 0.15) is 18.4 Å². The molecule has 0 radical (unpaired) electrons. The van der Waals surface area contributed by atoms with Gasteiger partial charge >= 0.3 is 12.3 Å². The van der Waals surface area contributed by atoms with E-state index < -0.39 is 23.4 Å². The second kappa shape index (κ2) is 4.91. The van der Waals surface area contributed by atoms with E-state index in [0.717, 1.165) is 6.07 Å². The van der Waals surface area contributed by atoms with Crippen molar-refractivity contribution in [1.82, 2.24) is 5.32 Å². The first-order chi connectivity index (χ1) is 9.94. The first-order valence-corrected chi connectivity index (χ1v) is 6.78. The van der Waals surface area contributed by atoms with Crippen LogP contribution in [0.25, 0.3) is 0 Å². The monoisotopic (exact) mass is 300 g/mol. The Bertz CT molecular complexity index is 553. The third-order valence-electron chi connectivity index (χ3n) is 4.11. The van der Waals surface area contributed by atoms with E-state index in [2.05, 4.69) is 5.32 Å². The number of carbonyl (C=O) groups excluding carboxylic acids is 1. The summed E-state index contributed by atoms with van der Waals surface area (Å²) < 4.78 is 44.7. The van der Waals surface area contributed by atoms with Gasteiger partial charge < -0.3 is 10.1 Å². The first kappa shape index (κ1) is 14.2. The molecule has 21 heavy (non-hydrogen) atoms. The van der Waals surface area contributed by atoms with E-state index in [0.29, 0.717) is 25.9 Å². The molecule has 1 amide bonds. The van der Waals surface area contributed by atoms with E-state index in [1.54, 1.807) is 0 Å². The summed E-state index contributed by atoms with van der Waals surface area (Å²) in [6, 6.07) is 5.16. The minimum Gasteiger partial charge on any atom is -0.447 e. The van der Waals surface area contributed by atoms with Gasteiger partial charge in [0.1, 0.15) is 6.61 Å². The molecule has 0 bridgehead atoms. The number of nitrogens with one attached hydrogen (secondary N) is 1. The number of carbonyl (C=O) groups is 1. The molecule has 0 atom stereocenters. The van der Waals surface area contributed by atoms with E-state index in [1.807, 2.05) is 0 Å². The van der Waals surface area contributed by atoms with E-state index in [1.165, 1.54) is 23.1 Å². The number of alkyl halides is 3. The molecule has 0 saturated carbocycles. The number of rotatable bonds is 1. The molecule has 2 fully saturated rings. The van der Waals surface area contributed by atoms with Crippen molar-refractivity contribution in [3.05, 3.63) is 29.8 Å². The Labute approximate surface area is 119 Å². The molecule has 2 heterocycles. The fourth-order valence-corrected chi connectivity index (χ4v) is 3.04. The van der Waals surface area contributed by atoms with Crippen molar-refractivity contribution in [2.24, 2.45) is 0 Å². The number of piperidine rings is 1. The van der Waals surface area contributed by atoms with Crippen LogP contribution in [0.2, 0.25) is 0 Å². The Balaban J connectivity index is 2.07. The van der Waals surface area contributed by atoms with Gasteiger partial charge in [0.25, 0.3) is 0 Å². The number of hydrogen-bond acceptors (Lipinski definition) is 3. The van der Waals surface area contributed by atoms with Crippen molar-refractivity contribution in [2.45, 2.75) is 24.6 Å². The van der Waals surface area contributed by atoms with Crippen molar-refractivity contribution in [3.63, 3.8) is 0 Å². The lowest BCUT2D eigenvalue weighted by atomic mass is 9.87. The summed E-state index contributed by atoms with van der Waals surface area (Å²) >= 11 is 0. The average molecular weight is 300 g/mol. The molecular weight excluding hydrogens is 285 g/mol. The van der Waals surface area contributed by atoms with Gasteiger partial charge in [-0.15, -0.1) is 0 Å². The Morgan fingerprint density at radius 3 is 2.52 bits per heavy atom. The topological polar surface area (TPSA) is 41.6 Å². The number of cyclic esters (lactones) is 1. The summed E-state index contributed by atoms with van der Waals surface area (Å²) in [6.07, 6.45) is -4.06. The minimum absolute atomic E-state index is 0.116. The Kier molecular flexibility index (Phi) is 3.32. The molecule has 4 nitrogen and oxygen atoms in total. The van der Waals surface area contributed by atoms with Gasteiger partial charge in [-0.3, -0.25) is 4.90 Å². The quantitative estimate of drug-likeness (QED) is 0.867. The molecule has 2 aliphatic heterocycles. The van der Waals surface area contributed by atoms with E-state index in [4.69, 9.17) is 4.74 Å². The SMILES string of the molecule is O=C1OCC2(CCNCC2)N1c1ccccc1C(F)(F)F. The van der Waals surface area contributed by atoms with Crippen LogP contribution in [0.5, 0.6) is 0 Å². The molecule has 1 aromatic carbocycles. The normalized spacial score (nSPS) is 21.7. The van der Waals surface area contributed by atoms with E-state index in [9.17, 15) is 18.0 Å². The number of amides is 1. The Morgan fingerprint density at radius 2 is 1.86 bits per heavy atom. The van der Waals surface area contributed by atoms with Gasteiger partial charge in [-0.2, -0.15) is 13.2 Å². The van der Waals surface area contributed by atoms with Gasteiger partial charge in [0.2, 0.25) is 0 Å². The van der Waals surface area contributed by atoms with Crippen LogP contribution >= 0.6 is 0 Å². The molecule has 0 aromatic heterocycles.